The summed E-state index contributed by atoms with van der Waals surface area (Å²) in [6, 6.07) is 10.4. The molecule has 206 valence electrons. The van der Waals surface area contributed by atoms with Crippen molar-refractivity contribution >= 4 is 12.0 Å². The van der Waals surface area contributed by atoms with Crippen molar-refractivity contribution in [2.45, 2.75) is 52.2 Å². The number of carbonyl (C=O) groups is 2. The first-order valence-electron chi connectivity index (χ1n) is 12.6. The van der Waals surface area contributed by atoms with Crippen LogP contribution in [0.5, 0.6) is 5.75 Å². The highest BCUT2D eigenvalue weighted by Gasteiger charge is 2.31. The Balaban J connectivity index is 1.32. The van der Waals surface area contributed by atoms with Gasteiger partial charge in [0.25, 0.3) is 5.91 Å². The molecule has 2 amide bonds. The van der Waals surface area contributed by atoms with Crippen LogP contribution in [0.1, 0.15) is 48.2 Å². The highest BCUT2D eigenvalue weighted by Crippen LogP contribution is 2.33. The normalized spacial score (nSPS) is 15.6. The maximum absolute atomic E-state index is 13.5. The minimum atomic E-state index is -4.40. The Labute approximate surface area is 223 Å². The zero-order valence-electron chi connectivity index (χ0n) is 21.9. The monoisotopic (exact) mass is 542 g/mol. The summed E-state index contributed by atoms with van der Waals surface area (Å²) in [5, 5.41) is 0. The van der Waals surface area contributed by atoms with Crippen molar-refractivity contribution in [3.05, 3.63) is 71.3 Å². The van der Waals surface area contributed by atoms with Gasteiger partial charge in [-0.1, -0.05) is 18.2 Å². The molecule has 2 aliphatic rings. The van der Waals surface area contributed by atoms with Gasteiger partial charge in [-0.15, -0.1) is 0 Å². The number of imidazole rings is 1. The molecular weight excluding hydrogens is 513 g/mol. The Morgan fingerprint density at radius 3 is 2.33 bits per heavy atom. The van der Waals surface area contributed by atoms with E-state index in [1.54, 1.807) is 28.1 Å². The number of rotatable bonds is 2. The number of fused-ring (bicyclic) bond motifs is 2. The van der Waals surface area contributed by atoms with Crippen LogP contribution in [0.15, 0.2) is 48.7 Å². The average Bonchev–Trinajstić information content (AvgIpc) is 3.18. The second kappa shape index (κ2) is 9.94. The second-order valence-corrected chi connectivity index (χ2v) is 10.6. The fourth-order valence-corrected chi connectivity index (χ4v) is 4.60. The van der Waals surface area contributed by atoms with Crippen LogP contribution in [0.2, 0.25) is 0 Å². The maximum atomic E-state index is 13.5. The van der Waals surface area contributed by atoms with Crippen LogP contribution < -0.4 is 4.74 Å². The summed E-state index contributed by atoms with van der Waals surface area (Å²) in [6.07, 6.45) is -3.12. The first-order valence-corrected chi connectivity index (χ1v) is 12.6. The molecule has 2 aromatic carbocycles. The van der Waals surface area contributed by atoms with E-state index in [0.29, 0.717) is 43.4 Å². The Morgan fingerprint density at radius 2 is 1.64 bits per heavy atom. The number of aromatic nitrogens is 2. The van der Waals surface area contributed by atoms with Crippen molar-refractivity contribution in [2.75, 3.05) is 19.7 Å². The fourth-order valence-electron chi connectivity index (χ4n) is 4.60. The van der Waals surface area contributed by atoms with E-state index in [9.17, 15) is 22.8 Å². The van der Waals surface area contributed by atoms with Gasteiger partial charge in [-0.25, -0.2) is 9.78 Å². The van der Waals surface area contributed by atoms with Gasteiger partial charge in [0, 0.05) is 31.4 Å². The van der Waals surface area contributed by atoms with Gasteiger partial charge < -0.3 is 18.9 Å². The predicted octanol–water partition coefficient (Wildman–Crippen LogP) is 5.35. The van der Waals surface area contributed by atoms with Gasteiger partial charge in [-0.3, -0.25) is 9.69 Å². The number of nitrogens with zero attached hydrogens (tertiary/aromatic N) is 4. The van der Waals surface area contributed by atoms with Gasteiger partial charge in [0.1, 0.15) is 29.5 Å². The maximum Gasteiger partial charge on any atom is 0.416 e. The van der Waals surface area contributed by atoms with E-state index in [4.69, 9.17) is 9.47 Å². The lowest BCUT2D eigenvalue weighted by Crippen LogP contribution is -2.41. The lowest BCUT2D eigenvalue weighted by atomic mass is 10.0. The third-order valence-electron chi connectivity index (χ3n) is 6.55. The average molecular weight is 543 g/mol. The SMILES string of the molecule is CC(C)(C)OC(=O)N1CCn2cc(C(=O)N3CCOc4ccc(-c5ccc(C(F)(F)F)cc5)cc4C3)nc2C1. The molecule has 0 saturated heterocycles. The van der Waals surface area contributed by atoms with Crippen molar-refractivity contribution < 1.29 is 32.2 Å². The van der Waals surface area contributed by atoms with E-state index in [-0.39, 0.29) is 24.7 Å². The minimum Gasteiger partial charge on any atom is -0.491 e. The first-order chi connectivity index (χ1) is 18.4. The van der Waals surface area contributed by atoms with Gasteiger partial charge in [-0.2, -0.15) is 13.2 Å². The van der Waals surface area contributed by atoms with Crippen LogP contribution in [0, 0.1) is 0 Å². The van der Waals surface area contributed by atoms with E-state index in [0.717, 1.165) is 23.3 Å². The number of hydrogen-bond acceptors (Lipinski definition) is 5. The molecule has 0 spiro atoms. The molecule has 0 aliphatic carbocycles. The molecule has 0 bridgehead atoms. The summed E-state index contributed by atoms with van der Waals surface area (Å²) in [4.78, 5) is 33.7. The minimum absolute atomic E-state index is 0.241. The summed E-state index contributed by atoms with van der Waals surface area (Å²) >= 11 is 0. The Hall–Kier alpha value is -4.02. The zero-order valence-corrected chi connectivity index (χ0v) is 21.9. The van der Waals surface area contributed by atoms with Crippen LogP contribution in [-0.4, -0.2) is 56.6 Å². The third-order valence-corrected chi connectivity index (χ3v) is 6.55. The van der Waals surface area contributed by atoms with E-state index < -0.39 is 23.4 Å². The lowest BCUT2D eigenvalue weighted by molar-refractivity contribution is -0.137. The number of carbonyl (C=O) groups excluding carboxylic acids is 2. The number of benzene rings is 2. The first kappa shape index (κ1) is 26.6. The fraction of sp³-hybridized carbons (Fsp3) is 0.393. The van der Waals surface area contributed by atoms with Crippen molar-refractivity contribution in [3.8, 4) is 16.9 Å². The molecule has 5 rings (SSSR count). The molecule has 8 nitrogen and oxygen atoms in total. The molecule has 0 radical (unpaired) electrons. The van der Waals surface area contributed by atoms with Gasteiger partial charge in [0.2, 0.25) is 0 Å². The summed E-state index contributed by atoms with van der Waals surface area (Å²) < 4.78 is 52.1. The number of amides is 2. The standard InChI is InChI=1S/C28H29F3N4O4/c1-27(2,3)39-26(37)35-11-10-33-16-22(32-24(33)17-35)25(36)34-12-13-38-23-9-6-19(14-20(23)15-34)18-4-7-21(8-5-18)28(29,30)31/h4-9,14,16H,10-13,15,17H2,1-3H3. The molecule has 0 saturated carbocycles. The smallest absolute Gasteiger partial charge is 0.416 e. The quantitative estimate of drug-likeness (QED) is 0.436. The van der Waals surface area contributed by atoms with Crippen LogP contribution in [0.3, 0.4) is 0 Å². The molecular formula is C28H29F3N4O4. The van der Waals surface area contributed by atoms with Crippen molar-refractivity contribution in [2.24, 2.45) is 0 Å². The van der Waals surface area contributed by atoms with E-state index in [1.807, 2.05) is 31.4 Å². The highest BCUT2D eigenvalue weighted by molar-refractivity contribution is 5.92. The van der Waals surface area contributed by atoms with Gasteiger partial charge >= 0.3 is 12.3 Å². The van der Waals surface area contributed by atoms with Crippen LogP contribution in [0.4, 0.5) is 18.0 Å². The Kier molecular flexibility index (Phi) is 6.77. The summed E-state index contributed by atoms with van der Waals surface area (Å²) in [6.45, 7) is 7.50. The molecule has 0 fully saturated rings. The number of ether oxygens (including phenoxy) is 2. The molecule has 0 N–H and O–H groups in total. The molecule has 3 aromatic rings. The number of halogens is 3. The Morgan fingerprint density at radius 1 is 0.923 bits per heavy atom. The van der Waals surface area contributed by atoms with Crippen molar-refractivity contribution in [3.63, 3.8) is 0 Å². The molecule has 39 heavy (non-hydrogen) atoms. The largest absolute Gasteiger partial charge is 0.491 e. The lowest BCUT2D eigenvalue weighted by Gasteiger charge is -2.30. The van der Waals surface area contributed by atoms with Gasteiger partial charge in [0.05, 0.1) is 18.7 Å². The Bertz CT molecular complexity index is 1390. The number of alkyl halides is 3. The van der Waals surface area contributed by atoms with Gasteiger partial charge in [-0.05, 0) is 56.2 Å². The molecule has 3 heterocycles. The summed E-state index contributed by atoms with van der Waals surface area (Å²) in [7, 11) is 0. The number of hydrogen-bond donors (Lipinski definition) is 0. The van der Waals surface area contributed by atoms with Gasteiger partial charge in [0.15, 0.2) is 0 Å². The molecule has 1 aromatic heterocycles. The van der Waals surface area contributed by atoms with Crippen LogP contribution >= 0.6 is 0 Å². The molecule has 0 atom stereocenters. The van der Waals surface area contributed by atoms with E-state index >= 15 is 0 Å². The van der Waals surface area contributed by atoms with E-state index in [1.165, 1.54) is 12.1 Å². The third kappa shape index (κ3) is 5.86. The van der Waals surface area contributed by atoms with Crippen LogP contribution in [-0.2, 0) is 30.5 Å². The van der Waals surface area contributed by atoms with E-state index in [2.05, 4.69) is 4.98 Å². The molecule has 0 unspecified atom stereocenters. The summed E-state index contributed by atoms with van der Waals surface area (Å²) in [5.74, 6) is 0.960. The predicted molar refractivity (Wildman–Crippen MR) is 136 cm³/mol. The second-order valence-electron chi connectivity index (χ2n) is 10.6. The zero-order chi connectivity index (χ0) is 27.9. The summed E-state index contributed by atoms with van der Waals surface area (Å²) in [5.41, 5.74) is 1.06. The topological polar surface area (TPSA) is 76.9 Å². The van der Waals surface area contributed by atoms with Crippen molar-refractivity contribution in [1.29, 1.82) is 0 Å². The van der Waals surface area contributed by atoms with Crippen molar-refractivity contribution in [1.82, 2.24) is 19.4 Å². The van der Waals surface area contributed by atoms with Crippen LogP contribution in [0.25, 0.3) is 11.1 Å². The molecule has 2 aliphatic heterocycles. The molecule has 11 heteroatoms. The highest BCUT2D eigenvalue weighted by atomic mass is 19.4.